The van der Waals surface area contributed by atoms with E-state index >= 15 is 0 Å². The molecule has 3 rings (SSSR count). The number of esters is 1. The number of halogens is 1. The van der Waals surface area contributed by atoms with Gasteiger partial charge in [0.05, 0.1) is 0 Å². The van der Waals surface area contributed by atoms with Crippen LogP contribution in [0.3, 0.4) is 0 Å². The Hall–Kier alpha value is -3.32. The fourth-order valence-electron chi connectivity index (χ4n) is 2.39. The lowest BCUT2D eigenvalue weighted by Gasteiger charge is -2.08. The highest BCUT2D eigenvalue weighted by Crippen LogP contribution is 2.23. The van der Waals surface area contributed by atoms with Crippen LogP contribution in [0, 0.1) is 0 Å². The second-order valence-electron chi connectivity index (χ2n) is 5.68. The monoisotopic (exact) mass is 386 g/mol. The molecular weight excluding hydrogens is 372 g/mol. The Morgan fingerprint density at radius 3 is 2.52 bits per heavy atom. The lowest BCUT2D eigenvalue weighted by Crippen LogP contribution is -2.20. The number of hydrogen-bond acceptors (Lipinski definition) is 5. The number of hydrogen-bond donors (Lipinski definition) is 2. The van der Waals surface area contributed by atoms with Crippen LogP contribution in [0.2, 0.25) is 5.02 Å². The number of amides is 2. The third-order valence-electron chi connectivity index (χ3n) is 3.48. The second kappa shape index (κ2) is 7.92. The Balaban J connectivity index is 1.58. The first-order chi connectivity index (χ1) is 12.9. The van der Waals surface area contributed by atoms with Crippen molar-refractivity contribution >= 4 is 51.7 Å². The number of benzene rings is 2. The molecule has 2 amide bonds. The summed E-state index contributed by atoms with van der Waals surface area (Å²) in [6.45, 7) is 0.901. The van der Waals surface area contributed by atoms with Gasteiger partial charge in [0.1, 0.15) is 5.58 Å². The molecule has 0 bridgehead atoms. The number of carbonyl (C=O) groups excluding carboxylic acids is 3. The van der Waals surface area contributed by atoms with E-state index in [4.69, 9.17) is 20.8 Å². The van der Waals surface area contributed by atoms with Crippen molar-refractivity contribution in [1.29, 1.82) is 0 Å². The largest absolute Gasteiger partial charge is 0.450 e. The molecule has 7 nitrogen and oxygen atoms in total. The Kier molecular flexibility index (Phi) is 5.42. The minimum Gasteiger partial charge on any atom is -0.450 e. The van der Waals surface area contributed by atoms with E-state index in [2.05, 4.69) is 10.6 Å². The number of furan rings is 1. The maximum Gasteiger partial charge on any atom is 0.374 e. The van der Waals surface area contributed by atoms with Gasteiger partial charge in [0.15, 0.2) is 6.61 Å². The summed E-state index contributed by atoms with van der Waals surface area (Å²) in [6, 6.07) is 13.0. The summed E-state index contributed by atoms with van der Waals surface area (Å²) in [5.74, 6) is -1.53. The van der Waals surface area contributed by atoms with Crippen LogP contribution in [-0.4, -0.2) is 24.4 Å². The summed E-state index contributed by atoms with van der Waals surface area (Å²) in [5.41, 5.74) is 1.49. The van der Waals surface area contributed by atoms with Crippen molar-refractivity contribution in [3.63, 3.8) is 0 Å². The van der Waals surface area contributed by atoms with Crippen molar-refractivity contribution in [2.45, 2.75) is 6.92 Å². The van der Waals surface area contributed by atoms with Crippen LogP contribution in [0.15, 0.2) is 52.9 Å². The molecular formula is C19H15ClN2O5. The molecule has 0 aliphatic rings. The molecule has 0 saturated carbocycles. The van der Waals surface area contributed by atoms with E-state index in [1.165, 1.54) is 13.0 Å². The Bertz CT molecular complexity index is 1030. The molecule has 0 fully saturated rings. The fourth-order valence-corrected chi connectivity index (χ4v) is 2.57. The molecule has 8 heteroatoms. The third-order valence-corrected chi connectivity index (χ3v) is 3.72. The first-order valence-electron chi connectivity index (χ1n) is 7.94. The number of ether oxygens (including phenoxy) is 1. The van der Waals surface area contributed by atoms with E-state index in [0.717, 1.165) is 0 Å². The van der Waals surface area contributed by atoms with Gasteiger partial charge >= 0.3 is 5.97 Å². The van der Waals surface area contributed by atoms with E-state index in [0.29, 0.717) is 27.4 Å². The summed E-state index contributed by atoms with van der Waals surface area (Å²) < 4.78 is 10.4. The second-order valence-corrected chi connectivity index (χ2v) is 6.12. The zero-order valence-electron chi connectivity index (χ0n) is 14.2. The maximum atomic E-state index is 12.1. The van der Waals surface area contributed by atoms with Crippen molar-refractivity contribution in [1.82, 2.24) is 0 Å². The number of fused-ring (bicyclic) bond motifs is 1. The third kappa shape index (κ3) is 4.86. The van der Waals surface area contributed by atoms with Crippen LogP contribution in [0.25, 0.3) is 11.0 Å². The minimum absolute atomic E-state index is 0.0206. The van der Waals surface area contributed by atoms with Crippen molar-refractivity contribution in [2.75, 3.05) is 17.2 Å². The SMILES string of the molecule is CC(=O)Nc1cccc(NC(=O)COC(=O)c2cc3cc(Cl)ccc3o2)c1. The van der Waals surface area contributed by atoms with Gasteiger partial charge in [0.2, 0.25) is 11.7 Å². The van der Waals surface area contributed by atoms with Crippen molar-refractivity contribution < 1.29 is 23.5 Å². The molecule has 0 radical (unpaired) electrons. The Morgan fingerprint density at radius 1 is 1.04 bits per heavy atom. The summed E-state index contributed by atoms with van der Waals surface area (Å²) in [5, 5.41) is 6.37. The topological polar surface area (TPSA) is 97.6 Å². The predicted molar refractivity (Wildman–Crippen MR) is 101 cm³/mol. The van der Waals surface area contributed by atoms with E-state index in [-0.39, 0.29) is 11.7 Å². The standard InChI is InChI=1S/C19H15ClN2O5/c1-11(23)21-14-3-2-4-15(9-14)22-18(24)10-26-19(25)17-8-12-7-13(20)5-6-16(12)27-17/h2-9H,10H2,1H3,(H,21,23)(H,22,24). The number of rotatable bonds is 5. The van der Waals surface area contributed by atoms with Gasteiger partial charge in [0, 0.05) is 28.7 Å². The van der Waals surface area contributed by atoms with Gasteiger partial charge < -0.3 is 19.8 Å². The Labute approximate surface area is 159 Å². The van der Waals surface area contributed by atoms with Crippen molar-refractivity contribution in [3.8, 4) is 0 Å². The highest BCUT2D eigenvalue weighted by Gasteiger charge is 2.16. The van der Waals surface area contributed by atoms with Gasteiger partial charge in [0.25, 0.3) is 5.91 Å². The molecule has 0 atom stereocenters. The van der Waals surface area contributed by atoms with Gasteiger partial charge in [-0.15, -0.1) is 0 Å². The van der Waals surface area contributed by atoms with Crippen molar-refractivity contribution in [2.24, 2.45) is 0 Å². The number of nitrogens with one attached hydrogen (secondary N) is 2. The highest BCUT2D eigenvalue weighted by molar-refractivity contribution is 6.31. The van der Waals surface area contributed by atoms with Gasteiger partial charge in [-0.2, -0.15) is 0 Å². The zero-order chi connectivity index (χ0) is 19.4. The smallest absolute Gasteiger partial charge is 0.374 e. The molecule has 0 spiro atoms. The average molecular weight is 387 g/mol. The normalized spacial score (nSPS) is 10.4. The summed E-state index contributed by atoms with van der Waals surface area (Å²) in [6.07, 6.45) is 0. The summed E-state index contributed by atoms with van der Waals surface area (Å²) in [7, 11) is 0. The molecule has 2 N–H and O–H groups in total. The van der Waals surface area contributed by atoms with Crippen LogP contribution >= 0.6 is 11.6 Å². The van der Waals surface area contributed by atoms with E-state index in [1.54, 1.807) is 42.5 Å². The van der Waals surface area contributed by atoms with Gasteiger partial charge in [-0.25, -0.2) is 4.79 Å². The van der Waals surface area contributed by atoms with Crippen LogP contribution in [-0.2, 0) is 14.3 Å². The van der Waals surface area contributed by atoms with E-state index in [1.807, 2.05) is 0 Å². The van der Waals surface area contributed by atoms with Gasteiger partial charge in [-0.1, -0.05) is 17.7 Å². The first-order valence-corrected chi connectivity index (χ1v) is 8.32. The maximum absolute atomic E-state index is 12.1. The van der Waals surface area contributed by atoms with Crippen LogP contribution < -0.4 is 10.6 Å². The summed E-state index contributed by atoms with van der Waals surface area (Å²) >= 11 is 5.89. The molecule has 27 heavy (non-hydrogen) atoms. The van der Waals surface area contributed by atoms with Crippen LogP contribution in [0.1, 0.15) is 17.5 Å². The molecule has 1 aromatic heterocycles. The molecule has 3 aromatic rings. The first kappa shape index (κ1) is 18.5. The van der Waals surface area contributed by atoms with Gasteiger partial charge in [-0.05, 0) is 42.5 Å². The molecule has 0 unspecified atom stereocenters. The molecule has 1 heterocycles. The predicted octanol–water partition coefficient (Wildman–Crippen LogP) is 3.84. The van der Waals surface area contributed by atoms with Gasteiger partial charge in [-0.3, -0.25) is 9.59 Å². The lowest BCUT2D eigenvalue weighted by molar-refractivity contribution is -0.119. The van der Waals surface area contributed by atoms with Crippen LogP contribution in [0.5, 0.6) is 0 Å². The summed E-state index contributed by atoms with van der Waals surface area (Å²) in [4.78, 5) is 35.1. The van der Waals surface area contributed by atoms with E-state index < -0.39 is 18.5 Å². The average Bonchev–Trinajstić information content (AvgIpc) is 3.02. The fraction of sp³-hybridized carbons (Fsp3) is 0.105. The molecule has 138 valence electrons. The molecule has 0 saturated heterocycles. The Morgan fingerprint density at radius 2 is 1.78 bits per heavy atom. The van der Waals surface area contributed by atoms with Crippen molar-refractivity contribution in [3.05, 3.63) is 59.3 Å². The van der Waals surface area contributed by atoms with E-state index in [9.17, 15) is 14.4 Å². The highest BCUT2D eigenvalue weighted by atomic mass is 35.5. The zero-order valence-corrected chi connectivity index (χ0v) is 15.0. The molecule has 2 aromatic carbocycles. The molecule has 0 aliphatic heterocycles. The number of carbonyl (C=O) groups is 3. The number of anilines is 2. The minimum atomic E-state index is -0.760. The van der Waals surface area contributed by atoms with Crippen LogP contribution in [0.4, 0.5) is 11.4 Å². The quantitative estimate of drug-likeness (QED) is 0.649. The molecule has 0 aliphatic carbocycles. The lowest BCUT2D eigenvalue weighted by atomic mass is 10.2.